The van der Waals surface area contributed by atoms with E-state index in [0.717, 1.165) is 0 Å². The zero-order valence-electron chi connectivity index (χ0n) is 17.2. The van der Waals surface area contributed by atoms with E-state index in [0.29, 0.717) is 25.8 Å². The number of amides is 3. The maximum atomic E-state index is 12.5. The number of carbonyl (C=O) groups excluding carboxylic acids is 3. The summed E-state index contributed by atoms with van der Waals surface area (Å²) in [6, 6.07) is -3.63. The second-order valence-electron chi connectivity index (χ2n) is 7.39. The predicted molar refractivity (Wildman–Crippen MR) is 105 cm³/mol. The maximum Gasteiger partial charge on any atom is 0.326 e. The molecule has 0 radical (unpaired) electrons. The third-order valence-corrected chi connectivity index (χ3v) is 4.07. The van der Waals surface area contributed by atoms with Gasteiger partial charge >= 0.3 is 5.97 Å². The minimum absolute atomic E-state index is 0.118. The number of unbranched alkanes of at least 4 members (excludes halogenated alkanes) is 1. The Bertz CT molecular complexity index is 538. The van der Waals surface area contributed by atoms with Crippen molar-refractivity contribution in [2.24, 2.45) is 17.4 Å². The van der Waals surface area contributed by atoms with E-state index < -0.39 is 47.9 Å². The molecule has 0 bridgehead atoms. The average Bonchev–Trinajstić information content (AvgIpc) is 2.59. The van der Waals surface area contributed by atoms with Crippen LogP contribution in [0.15, 0.2) is 0 Å². The van der Waals surface area contributed by atoms with Crippen molar-refractivity contribution in [1.29, 1.82) is 0 Å². The van der Waals surface area contributed by atoms with Crippen LogP contribution in [0.2, 0.25) is 0 Å². The summed E-state index contributed by atoms with van der Waals surface area (Å²) >= 11 is 0. The van der Waals surface area contributed by atoms with Gasteiger partial charge in [0.05, 0.1) is 6.04 Å². The monoisotopic (exact) mass is 401 g/mol. The Balaban J connectivity index is 4.88. The number of hydrogen-bond donors (Lipinski definition) is 6. The summed E-state index contributed by atoms with van der Waals surface area (Å²) in [4.78, 5) is 47.9. The second-order valence-corrected chi connectivity index (χ2v) is 7.39. The lowest BCUT2D eigenvalue weighted by Gasteiger charge is -2.24. The standard InChI is InChI=1S/C18H35N5O5/c1-10(2)9-14(23-15(24)11(3)20)17(26)21-12(4)16(25)22-13(18(27)28)7-5-6-8-19/h10-14H,5-9,19-20H2,1-4H3,(H,21,26)(H,22,25)(H,23,24)(H,27,28). The summed E-state index contributed by atoms with van der Waals surface area (Å²) in [6.07, 6.45) is 1.84. The lowest BCUT2D eigenvalue weighted by Crippen LogP contribution is -2.56. The number of nitrogens with one attached hydrogen (secondary N) is 3. The predicted octanol–water partition coefficient (Wildman–Crippen LogP) is -0.932. The molecule has 3 amide bonds. The normalized spacial score (nSPS) is 15.2. The van der Waals surface area contributed by atoms with Gasteiger partial charge in [-0.2, -0.15) is 0 Å². The van der Waals surface area contributed by atoms with Crippen molar-refractivity contribution in [2.45, 2.75) is 77.5 Å². The maximum absolute atomic E-state index is 12.5. The number of carboxylic acid groups (broad SMARTS) is 1. The van der Waals surface area contributed by atoms with E-state index in [9.17, 15) is 24.3 Å². The van der Waals surface area contributed by atoms with Crippen LogP contribution in [0, 0.1) is 5.92 Å². The Morgan fingerprint density at radius 2 is 1.43 bits per heavy atom. The molecule has 0 saturated heterocycles. The first-order valence-electron chi connectivity index (χ1n) is 9.59. The molecule has 0 spiro atoms. The quantitative estimate of drug-likeness (QED) is 0.216. The molecule has 0 heterocycles. The fourth-order valence-corrected chi connectivity index (χ4v) is 2.43. The van der Waals surface area contributed by atoms with Crippen molar-refractivity contribution >= 4 is 23.7 Å². The molecule has 0 fully saturated rings. The van der Waals surface area contributed by atoms with Gasteiger partial charge in [-0.05, 0) is 52.0 Å². The van der Waals surface area contributed by atoms with Crippen molar-refractivity contribution < 1.29 is 24.3 Å². The highest BCUT2D eigenvalue weighted by Crippen LogP contribution is 2.06. The smallest absolute Gasteiger partial charge is 0.326 e. The number of hydrogen-bond acceptors (Lipinski definition) is 6. The van der Waals surface area contributed by atoms with E-state index in [4.69, 9.17) is 11.5 Å². The van der Waals surface area contributed by atoms with Crippen LogP contribution in [-0.4, -0.2) is 59.5 Å². The van der Waals surface area contributed by atoms with Gasteiger partial charge in [-0.3, -0.25) is 14.4 Å². The molecule has 0 aromatic rings. The van der Waals surface area contributed by atoms with E-state index in [1.54, 1.807) is 0 Å². The van der Waals surface area contributed by atoms with E-state index in [2.05, 4.69) is 16.0 Å². The minimum Gasteiger partial charge on any atom is -0.480 e. The fraction of sp³-hybridized carbons (Fsp3) is 0.778. The first-order chi connectivity index (χ1) is 13.0. The van der Waals surface area contributed by atoms with E-state index in [-0.39, 0.29) is 12.3 Å². The van der Waals surface area contributed by atoms with Crippen molar-refractivity contribution in [3.63, 3.8) is 0 Å². The topological polar surface area (TPSA) is 177 Å². The zero-order valence-corrected chi connectivity index (χ0v) is 17.2. The summed E-state index contributed by atoms with van der Waals surface area (Å²) in [5.41, 5.74) is 10.9. The van der Waals surface area contributed by atoms with Gasteiger partial charge in [0.25, 0.3) is 0 Å². The van der Waals surface area contributed by atoms with Crippen LogP contribution in [0.5, 0.6) is 0 Å². The van der Waals surface area contributed by atoms with E-state index >= 15 is 0 Å². The number of rotatable bonds is 13. The molecular formula is C18H35N5O5. The molecule has 0 aliphatic carbocycles. The molecule has 10 nitrogen and oxygen atoms in total. The summed E-state index contributed by atoms with van der Waals surface area (Å²) in [7, 11) is 0. The largest absolute Gasteiger partial charge is 0.480 e. The first-order valence-corrected chi connectivity index (χ1v) is 9.59. The Labute approximate surface area is 166 Å². The van der Waals surface area contributed by atoms with Gasteiger partial charge in [0.1, 0.15) is 18.1 Å². The zero-order chi connectivity index (χ0) is 21.9. The first kappa shape index (κ1) is 25.8. The molecular weight excluding hydrogens is 366 g/mol. The highest BCUT2D eigenvalue weighted by atomic mass is 16.4. The molecule has 4 atom stereocenters. The van der Waals surface area contributed by atoms with Gasteiger partial charge in [-0.1, -0.05) is 13.8 Å². The Hall–Kier alpha value is -2.20. The molecule has 0 rings (SSSR count). The van der Waals surface area contributed by atoms with Crippen LogP contribution in [0.4, 0.5) is 0 Å². The van der Waals surface area contributed by atoms with Crippen LogP contribution < -0.4 is 27.4 Å². The van der Waals surface area contributed by atoms with E-state index in [1.807, 2.05) is 13.8 Å². The average molecular weight is 402 g/mol. The summed E-state index contributed by atoms with van der Waals surface area (Å²) in [6.45, 7) is 7.19. The molecule has 162 valence electrons. The third-order valence-electron chi connectivity index (χ3n) is 4.07. The van der Waals surface area contributed by atoms with Crippen LogP contribution in [0.25, 0.3) is 0 Å². The lowest BCUT2D eigenvalue weighted by atomic mass is 10.0. The Morgan fingerprint density at radius 1 is 0.857 bits per heavy atom. The van der Waals surface area contributed by atoms with Gasteiger partial charge in [0.2, 0.25) is 17.7 Å². The van der Waals surface area contributed by atoms with Crippen LogP contribution in [0.3, 0.4) is 0 Å². The van der Waals surface area contributed by atoms with Crippen molar-refractivity contribution in [3.05, 3.63) is 0 Å². The second kappa shape index (κ2) is 13.1. The Kier molecular flexibility index (Phi) is 12.0. The van der Waals surface area contributed by atoms with Crippen LogP contribution in [-0.2, 0) is 19.2 Å². The highest BCUT2D eigenvalue weighted by molar-refractivity contribution is 5.93. The molecule has 0 saturated carbocycles. The molecule has 4 unspecified atom stereocenters. The molecule has 8 N–H and O–H groups in total. The summed E-state index contributed by atoms with van der Waals surface area (Å²) < 4.78 is 0. The SMILES string of the molecule is CC(C)CC(NC(=O)C(C)N)C(=O)NC(C)C(=O)NC(CCCCN)C(=O)O. The minimum atomic E-state index is -1.15. The number of carbonyl (C=O) groups is 4. The Morgan fingerprint density at radius 3 is 1.89 bits per heavy atom. The highest BCUT2D eigenvalue weighted by Gasteiger charge is 2.28. The number of nitrogens with two attached hydrogens (primary N) is 2. The number of carboxylic acids is 1. The van der Waals surface area contributed by atoms with Crippen molar-refractivity contribution in [2.75, 3.05) is 6.54 Å². The summed E-state index contributed by atoms with van der Waals surface area (Å²) in [5, 5.41) is 16.7. The fourth-order valence-electron chi connectivity index (χ4n) is 2.43. The van der Waals surface area contributed by atoms with Crippen molar-refractivity contribution in [1.82, 2.24) is 16.0 Å². The molecule has 10 heteroatoms. The number of aliphatic carboxylic acids is 1. The lowest BCUT2D eigenvalue weighted by molar-refractivity contribution is -0.142. The van der Waals surface area contributed by atoms with Crippen LogP contribution in [0.1, 0.15) is 53.4 Å². The molecule has 0 aliphatic rings. The van der Waals surface area contributed by atoms with Gasteiger partial charge in [-0.15, -0.1) is 0 Å². The van der Waals surface area contributed by atoms with Gasteiger partial charge < -0.3 is 32.5 Å². The molecule has 0 aromatic heterocycles. The summed E-state index contributed by atoms with van der Waals surface area (Å²) in [5.74, 6) is -2.64. The molecule has 0 aromatic carbocycles. The van der Waals surface area contributed by atoms with Crippen LogP contribution >= 0.6 is 0 Å². The van der Waals surface area contributed by atoms with Gasteiger partial charge in [0.15, 0.2) is 0 Å². The third kappa shape index (κ3) is 10.2. The van der Waals surface area contributed by atoms with E-state index in [1.165, 1.54) is 13.8 Å². The van der Waals surface area contributed by atoms with Gasteiger partial charge in [0, 0.05) is 0 Å². The van der Waals surface area contributed by atoms with Gasteiger partial charge in [-0.25, -0.2) is 4.79 Å². The molecule has 0 aliphatic heterocycles. The van der Waals surface area contributed by atoms with Crippen molar-refractivity contribution in [3.8, 4) is 0 Å². The molecule has 28 heavy (non-hydrogen) atoms.